The van der Waals surface area contributed by atoms with Gasteiger partial charge in [-0.25, -0.2) is 8.78 Å². The molecule has 0 radical (unpaired) electrons. The molecule has 0 bridgehead atoms. The maximum absolute atomic E-state index is 14.2. The van der Waals surface area contributed by atoms with Gasteiger partial charge in [0.2, 0.25) is 0 Å². The minimum atomic E-state index is -0.511. The maximum atomic E-state index is 14.2. The minimum absolute atomic E-state index is 0.117. The number of piperazine rings is 1. The van der Waals surface area contributed by atoms with Gasteiger partial charge in [-0.2, -0.15) is 0 Å². The predicted octanol–water partition coefficient (Wildman–Crippen LogP) is 3.71. The lowest BCUT2D eigenvalue weighted by atomic mass is 9.88. The van der Waals surface area contributed by atoms with Crippen LogP contribution < -0.4 is 10.2 Å². The second-order valence-corrected chi connectivity index (χ2v) is 6.90. The lowest BCUT2D eigenvalue weighted by Crippen LogP contribution is -2.64. The Bertz CT molecular complexity index is 510. The van der Waals surface area contributed by atoms with Crippen LogP contribution in [0.25, 0.3) is 0 Å². The average molecular weight is 294 g/mol. The van der Waals surface area contributed by atoms with Gasteiger partial charge in [0, 0.05) is 30.7 Å². The van der Waals surface area contributed by atoms with Crippen LogP contribution in [-0.2, 0) is 0 Å². The van der Waals surface area contributed by atoms with Crippen molar-refractivity contribution in [3.63, 3.8) is 0 Å². The molecule has 1 saturated carbocycles. The Kier molecular flexibility index (Phi) is 3.91. The first-order chi connectivity index (χ1) is 10.0. The predicted molar refractivity (Wildman–Crippen MR) is 81.5 cm³/mol. The van der Waals surface area contributed by atoms with Crippen molar-refractivity contribution >= 4 is 5.69 Å². The molecule has 2 aliphatic rings. The Morgan fingerprint density at radius 1 is 1.24 bits per heavy atom. The molecule has 1 N–H and O–H groups in total. The first-order valence-corrected chi connectivity index (χ1v) is 7.97. The van der Waals surface area contributed by atoms with Crippen molar-refractivity contribution in [2.45, 2.75) is 51.1 Å². The molecular formula is C17H24F2N2. The fraction of sp³-hybridized carbons (Fsp3) is 0.647. The van der Waals surface area contributed by atoms with Crippen LogP contribution >= 0.6 is 0 Å². The molecule has 21 heavy (non-hydrogen) atoms. The van der Waals surface area contributed by atoms with Crippen LogP contribution in [0.5, 0.6) is 0 Å². The molecule has 3 rings (SSSR count). The van der Waals surface area contributed by atoms with Crippen molar-refractivity contribution in [2.75, 3.05) is 18.0 Å². The molecule has 116 valence electrons. The van der Waals surface area contributed by atoms with Crippen molar-refractivity contribution in [3.05, 3.63) is 29.8 Å². The topological polar surface area (TPSA) is 15.3 Å². The smallest absolute Gasteiger partial charge is 0.149 e. The molecule has 1 spiro atoms. The summed E-state index contributed by atoms with van der Waals surface area (Å²) in [5, 5.41) is 3.72. The lowest BCUT2D eigenvalue weighted by molar-refractivity contribution is 0.244. The van der Waals surface area contributed by atoms with Crippen molar-refractivity contribution < 1.29 is 8.78 Å². The molecule has 1 aliphatic carbocycles. The van der Waals surface area contributed by atoms with Crippen molar-refractivity contribution in [3.8, 4) is 0 Å². The first-order valence-electron chi connectivity index (χ1n) is 7.97. The maximum Gasteiger partial charge on any atom is 0.149 e. The summed E-state index contributed by atoms with van der Waals surface area (Å²) >= 11 is 0. The van der Waals surface area contributed by atoms with Gasteiger partial charge in [-0.05, 0) is 30.9 Å². The molecule has 1 aromatic carbocycles. The molecule has 1 heterocycles. The van der Waals surface area contributed by atoms with E-state index in [0.29, 0.717) is 11.6 Å². The summed E-state index contributed by atoms with van der Waals surface area (Å²) < 4.78 is 27.4. The van der Waals surface area contributed by atoms with Gasteiger partial charge >= 0.3 is 0 Å². The molecule has 1 aliphatic heterocycles. The fourth-order valence-electron chi connectivity index (χ4n) is 3.89. The number of halogens is 2. The SMILES string of the molecule is CC(C)C1CNC2(CCCC2)CN1c1ccc(F)cc1F. The number of benzene rings is 1. The second kappa shape index (κ2) is 5.56. The summed E-state index contributed by atoms with van der Waals surface area (Å²) in [6.07, 6.45) is 4.77. The van der Waals surface area contributed by atoms with E-state index < -0.39 is 11.6 Å². The number of hydrogen-bond acceptors (Lipinski definition) is 2. The highest BCUT2D eigenvalue weighted by atomic mass is 19.1. The molecular weight excluding hydrogens is 270 g/mol. The van der Waals surface area contributed by atoms with E-state index in [1.165, 1.54) is 18.9 Å². The Hall–Kier alpha value is -1.16. The van der Waals surface area contributed by atoms with Crippen LogP contribution in [-0.4, -0.2) is 24.7 Å². The van der Waals surface area contributed by atoms with Crippen molar-refractivity contribution in [1.82, 2.24) is 5.32 Å². The van der Waals surface area contributed by atoms with Crippen LogP contribution in [0, 0.1) is 17.6 Å². The fourth-order valence-corrected chi connectivity index (χ4v) is 3.89. The van der Waals surface area contributed by atoms with Gasteiger partial charge in [0.15, 0.2) is 0 Å². The van der Waals surface area contributed by atoms with E-state index in [2.05, 4.69) is 24.1 Å². The highest BCUT2D eigenvalue weighted by Crippen LogP contribution is 2.37. The third-order valence-corrected chi connectivity index (χ3v) is 5.11. The van der Waals surface area contributed by atoms with Gasteiger partial charge in [0.05, 0.1) is 5.69 Å². The number of nitrogens with one attached hydrogen (secondary N) is 1. The lowest BCUT2D eigenvalue weighted by Gasteiger charge is -2.49. The summed E-state index contributed by atoms with van der Waals surface area (Å²) in [5.74, 6) is -0.542. The van der Waals surface area contributed by atoms with E-state index >= 15 is 0 Å². The molecule has 0 amide bonds. The summed E-state index contributed by atoms with van der Waals surface area (Å²) in [7, 11) is 0. The molecule has 4 heteroatoms. The number of hydrogen-bond donors (Lipinski definition) is 1. The third kappa shape index (κ3) is 2.78. The third-order valence-electron chi connectivity index (χ3n) is 5.11. The molecule has 1 atom stereocenters. The van der Waals surface area contributed by atoms with E-state index in [9.17, 15) is 8.78 Å². The Labute approximate surface area is 125 Å². The van der Waals surface area contributed by atoms with Gasteiger partial charge in [0.25, 0.3) is 0 Å². The number of nitrogens with zero attached hydrogens (tertiary/aromatic N) is 1. The van der Waals surface area contributed by atoms with Crippen LogP contribution in [0.15, 0.2) is 18.2 Å². The summed E-state index contributed by atoms with van der Waals surface area (Å²) in [4.78, 5) is 2.17. The average Bonchev–Trinajstić information content (AvgIpc) is 2.86. The normalized spacial score (nSPS) is 25.0. The van der Waals surface area contributed by atoms with Crippen molar-refractivity contribution in [1.29, 1.82) is 0 Å². The van der Waals surface area contributed by atoms with Crippen LogP contribution in [0.1, 0.15) is 39.5 Å². The molecule has 2 nitrogen and oxygen atoms in total. The zero-order chi connectivity index (χ0) is 15.0. The van der Waals surface area contributed by atoms with Crippen LogP contribution in [0.2, 0.25) is 0 Å². The van der Waals surface area contributed by atoms with E-state index in [4.69, 9.17) is 0 Å². The van der Waals surface area contributed by atoms with E-state index in [-0.39, 0.29) is 11.6 Å². The zero-order valence-electron chi connectivity index (χ0n) is 12.8. The molecule has 1 saturated heterocycles. The highest BCUT2D eigenvalue weighted by molar-refractivity contribution is 5.50. The zero-order valence-corrected chi connectivity index (χ0v) is 12.8. The van der Waals surface area contributed by atoms with Crippen LogP contribution in [0.3, 0.4) is 0 Å². The minimum Gasteiger partial charge on any atom is -0.363 e. The van der Waals surface area contributed by atoms with E-state index in [0.717, 1.165) is 32.0 Å². The summed E-state index contributed by atoms with van der Waals surface area (Å²) in [6.45, 7) is 6.01. The monoisotopic (exact) mass is 294 g/mol. The van der Waals surface area contributed by atoms with Crippen molar-refractivity contribution in [2.24, 2.45) is 5.92 Å². The Balaban J connectivity index is 1.93. The molecule has 0 aromatic heterocycles. The number of anilines is 1. The summed E-state index contributed by atoms with van der Waals surface area (Å²) in [5.41, 5.74) is 0.662. The quantitative estimate of drug-likeness (QED) is 0.894. The highest BCUT2D eigenvalue weighted by Gasteiger charge is 2.42. The molecule has 1 unspecified atom stereocenters. The van der Waals surface area contributed by atoms with Crippen LogP contribution in [0.4, 0.5) is 14.5 Å². The Morgan fingerprint density at radius 2 is 1.95 bits per heavy atom. The van der Waals surface area contributed by atoms with Gasteiger partial charge in [-0.3, -0.25) is 0 Å². The van der Waals surface area contributed by atoms with Gasteiger partial charge in [0.1, 0.15) is 11.6 Å². The largest absolute Gasteiger partial charge is 0.363 e. The standard InChI is InChI=1S/C17H24F2N2/c1-12(2)16-10-20-17(7-3-4-8-17)11-21(16)15-6-5-13(18)9-14(15)19/h5-6,9,12,16,20H,3-4,7-8,10-11H2,1-2H3. The second-order valence-electron chi connectivity index (χ2n) is 6.90. The molecule has 1 aromatic rings. The molecule has 2 fully saturated rings. The Morgan fingerprint density at radius 3 is 2.57 bits per heavy atom. The van der Waals surface area contributed by atoms with Gasteiger partial charge in [-0.1, -0.05) is 26.7 Å². The van der Waals surface area contributed by atoms with E-state index in [1.54, 1.807) is 6.07 Å². The van der Waals surface area contributed by atoms with E-state index in [1.807, 2.05) is 0 Å². The van der Waals surface area contributed by atoms with Gasteiger partial charge in [-0.15, -0.1) is 0 Å². The van der Waals surface area contributed by atoms with Gasteiger partial charge < -0.3 is 10.2 Å². The first kappa shape index (κ1) is 14.8. The number of rotatable bonds is 2. The summed E-state index contributed by atoms with van der Waals surface area (Å²) in [6, 6.07) is 4.19.